The van der Waals surface area contributed by atoms with Crippen molar-refractivity contribution in [1.82, 2.24) is 0 Å². The lowest BCUT2D eigenvalue weighted by molar-refractivity contribution is -0.161. The van der Waals surface area contributed by atoms with Gasteiger partial charge in [-0.05, 0) is 64.2 Å². The van der Waals surface area contributed by atoms with Crippen molar-refractivity contribution < 1.29 is 24.2 Å². The molecule has 1 atom stereocenters. The summed E-state index contributed by atoms with van der Waals surface area (Å²) >= 11 is 0. The number of aliphatic hydroxyl groups is 1. The smallest absolute Gasteiger partial charge is 0.306 e. The SMILES string of the molecule is CCC/C=C\C/C=C\CCCCCCCC(=O)OC(CO)COC(=O)CCCCCCCCCCC/C=C\CCCCCCCCCC. The summed E-state index contributed by atoms with van der Waals surface area (Å²) in [6, 6.07) is 0. The van der Waals surface area contributed by atoms with Gasteiger partial charge in [-0.1, -0.05) is 166 Å². The zero-order valence-electron chi connectivity index (χ0n) is 31.7. The Morgan fingerprint density at radius 2 is 0.875 bits per heavy atom. The fraction of sp³-hybridized carbons (Fsp3) is 0.814. The molecular formula is C43H78O5. The van der Waals surface area contributed by atoms with Crippen molar-refractivity contribution in [2.45, 2.75) is 213 Å². The number of esters is 2. The third-order valence-electron chi connectivity index (χ3n) is 8.89. The number of carbonyl (C=O) groups is 2. The first-order valence-corrected chi connectivity index (χ1v) is 20.5. The number of aliphatic hydroxyl groups excluding tert-OH is 1. The molecule has 0 heterocycles. The molecule has 0 aliphatic heterocycles. The fourth-order valence-corrected chi connectivity index (χ4v) is 5.76. The monoisotopic (exact) mass is 675 g/mol. The first-order valence-electron chi connectivity index (χ1n) is 20.5. The van der Waals surface area contributed by atoms with E-state index < -0.39 is 6.10 Å². The van der Waals surface area contributed by atoms with Gasteiger partial charge in [-0.25, -0.2) is 0 Å². The minimum absolute atomic E-state index is 0.0714. The second-order valence-corrected chi connectivity index (χ2v) is 13.7. The van der Waals surface area contributed by atoms with Crippen LogP contribution in [-0.4, -0.2) is 36.4 Å². The molecule has 0 spiro atoms. The van der Waals surface area contributed by atoms with Gasteiger partial charge in [0.1, 0.15) is 6.61 Å². The molecule has 280 valence electrons. The standard InChI is InChI=1S/C43H78O5/c1-3-5-7-9-11-13-15-17-18-19-20-21-22-23-24-26-27-29-31-33-35-37-42(45)47-40-41(39-44)48-43(46)38-36-34-32-30-28-25-16-14-12-10-8-6-4-2/h8,10,14,16,19-20,41,44H,3-7,9,11-13,15,17-18,21-40H2,1-2H3/b10-8-,16-14-,20-19-. The second-order valence-electron chi connectivity index (χ2n) is 13.7. The lowest BCUT2D eigenvalue weighted by Crippen LogP contribution is -2.28. The maximum atomic E-state index is 12.1. The molecule has 5 heteroatoms. The number of ether oxygens (including phenoxy) is 2. The average Bonchev–Trinajstić information content (AvgIpc) is 3.09. The highest BCUT2D eigenvalue weighted by Gasteiger charge is 2.16. The van der Waals surface area contributed by atoms with Gasteiger partial charge in [0.15, 0.2) is 6.10 Å². The van der Waals surface area contributed by atoms with E-state index in [9.17, 15) is 14.7 Å². The highest BCUT2D eigenvalue weighted by Crippen LogP contribution is 2.14. The Morgan fingerprint density at radius 3 is 1.33 bits per heavy atom. The van der Waals surface area contributed by atoms with Crippen LogP contribution in [0.4, 0.5) is 0 Å². The van der Waals surface area contributed by atoms with E-state index in [2.05, 4.69) is 50.3 Å². The van der Waals surface area contributed by atoms with Gasteiger partial charge in [0.05, 0.1) is 6.61 Å². The van der Waals surface area contributed by atoms with Crippen LogP contribution in [0.5, 0.6) is 0 Å². The lowest BCUT2D eigenvalue weighted by atomic mass is 10.1. The van der Waals surface area contributed by atoms with E-state index in [1.165, 1.54) is 116 Å². The van der Waals surface area contributed by atoms with Crippen LogP contribution in [0.25, 0.3) is 0 Å². The van der Waals surface area contributed by atoms with Crippen LogP contribution in [0.2, 0.25) is 0 Å². The topological polar surface area (TPSA) is 72.8 Å². The lowest BCUT2D eigenvalue weighted by Gasteiger charge is -2.15. The Hall–Kier alpha value is -1.88. The van der Waals surface area contributed by atoms with E-state index in [4.69, 9.17) is 9.47 Å². The van der Waals surface area contributed by atoms with Crippen molar-refractivity contribution in [3.63, 3.8) is 0 Å². The molecule has 0 fully saturated rings. The Morgan fingerprint density at radius 1 is 0.479 bits per heavy atom. The minimum atomic E-state index is -0.777. The van der Waals surface area contributed by atoms with Gasteiger partial charge in [-0.3, -0.25) is 9.59 Å². The van der Waals surface area contributed by atoms with Crippen LogP contribution >= 0.6 is 0 Å². The van der Waals surface area contributed by atoms with Crippen LogP contribution in [0, 0.1) is 0 Å². The first kappa shape index (κ1) is 46.1. The van der Waals surface area contributed by atoms with Gasteiger partial charge in [-0.15, -0.1) is 0 Å². The van der Waals surface area contributed by atoms with Crippen LogP contribution < -0.4 is 0 Å². The molecule has 1 N–H and O–H groups in total. The summed E-state index contributed by atoms with van der Waals surface area (Å²) in [6.07, 6.45) is 47.8. The first-order chi connectivity index (χ1) is 23.6. The summed E-state index contributed by atoms with van der Waals surface area (Å²) in [6.45, 7) is 4.06. The number of hydrogen-bond donors (Lipinski definition) is 1. The highest BCUT2D eigenvalue weighted by atomic mass is 16.6. The van der Waals surface area contributed by atoms with Gasteiger partial charge >= 0.3 is 11.9 Å². The van der Waals surface area contributed by atoms with Crippen molar-refractivity contribution in [3.05, 3.63) is 36.5 Å². The molecule has 0 aromatic carbocycles. The Labute approximate surface area is 297 Å². The molecular weight excluding hydrogens is 596 g/mol. The van der Waals surface area contributed by atoms with Gasteiger partial charge in [0.2, 0.25) is 0 Å². The molecule has 0 bridgehead atoms. The van der Waals surface area contributed by atoms with Crippen LogP contribution in [0.15, 0.2) is 36.5 Å². The zero-order chi connectivity index (χ0) is 35.0. The van der Waals surface area contributed by atoms with Crippen molar-refractivity contribution in [2.24, 2.45) is 0 Å². The molecule has 1 unspecified atom stereocenters. The molecule has 0 saturated carbocycles. The molecule has 0 radical (unpaired) electrons. The fourth-order valence-electron chi connectivity index (χ4n) is 5.76. The average molecular weight is 675 g/mol. The second kappa shape index (κ2) is 39.6. The third-order valence-corrected chi connectivity index (χ3v) is 8.89. The molecule has 0 amide bonds. The summed E-state index contributed by atoms with van der Waals surface area (Å²) in [5, 5.41) is 9.55. The van der Waals surface area contributed by atoms with Gasteiger partial charge in [-0.2, -0.15) is 0 Å². The number of carbonyl (C=O) groups excluding carboxylic acids is 2. The van der Waals surface area contributed by atoms with Crippen LogP contribution in [-0.2, 0) is 19.1 Å². The summed E-state index contributed by atoms with van der Waals surface area (Å²) in [5.41, 5.74) is 0. The van der Waals surface area contributed by atoms with E-state index in [0.29, 0.717) is 12.8 Å². The quantitative estimate of drug-likeness (QED) is 0.0403. The highest BCUT2D eigenvalue weighted by molar-refractivity contribution is 5.70. The van der Waals surface area contributed by atoms with E-state index in [-0.39, 0.29) is 25.2 Å². The minimum Gasteiger partial charge on any atom is -0.462 e. The van der Waals surface area contributed by atoms with Crippen molar-refractivity contribution >= 4 is 11.9 Å². The number of unbranched alkanes of at least 4 members (excludes halogenated alkanes) is 23. The van der Waals surface area contributed by atoms with Crippen LogP contribution in [0.3, 0.4) is 0 Å². The van der Waals surface area contributed by atoms with E-state index in [1.807, 2.05) is 0 Å². The predicted molar refractivity (Wildman–Crippen MR) is 205 cm³/mol. The molecule has 0 aliphatic rings. The molecule has 5 nitrogen and oxygen atoms in total. The predicted octanol–water partition coefficient (Wildman–Crippen LogP) is 12.8. The molecule has 0 aromatic rings. The van der Waals surface area contributed by atoms with Gasteiger partial charge in [0, 0.05) is 12.8 Å². The largest absolute Gasteiger partial charge is 0.462 e. The third kappa shape index (κ3) is 36.9. The van der Waals surface area contributed by atoms with E-state index in [1.54, 1.807) is 0 Å². The summed E-state index contributed by atoms with van der Waals surface area (Å²) in [7, 11) is 0. The molecule has 0 rings (SSSR count). The van der Waals surface area contributed by atoms with Crippen molar-refractivity contribution in [2.75, 3.05) is 13.2 Å². The summed E-state index contributed by atoms with van der Waals surface area (Å²) in [5.74, 6) is -0.607. The normalized spacial score (nSPS) is 12.5. The zero-order valence-corrected chi connectivity index (χ0v) is 31.7. The maximum absolute atomic E-state index is 12.1. The van der Waals surface area contributed by atoms with Crippen molar-refractivity contribution in [3.8, 4) is 0 Å². The molecule has 0 aromatic heterocycles. The number of rotatable bonds is 37. The Kier molecular flexibility index (Phi) is 38.0. The Bertz CT molecular complexity index is 771. The molecule has 0 saturated heterocycles. The van der Waals surface area contributed by atoms with E-state index in [0.717, 1.165) is 64.2 Å². The van der Waals surface area contributed by atoms with Crippen molar-refractivity contribution in [1.29, 1.82) is 0 Å². The number of hydrogen-bond acceptors (Lipinski definition) is 5. The van der Waals surface area contributed by atoms with Gasteiger partial charge < -0.3 is 14.6 Å². The van der Waals surface area contributed by atoms with E-state index >= 15 is 0 Å². The summed E-state index contributed by atoms with van der Waals surface area (Å²) in [4.78, 5) is 24.2. The molecule has 0 aliphatic carbocycles. The molecule has 48 heavy (non-hydrogen) atoms. The van der Waals surface area contributed by atoms with Crippen LogP contribution in [0.1, 0.15) is 206 Å². The van der Waals surface area contributed by atoms with Gasteiger partial charge in [0.25, 0.3) is 0 Å². The Balaban J connectivity index is 3.53. The maximum Gasteiger partial charge on any atom is 0.306 e. The number of allylic oxidation sites excluding steroid dienone is 6. The summed E-state index contributed by atoms with van der Waals surface area (Å²) < 4.78 is 10.6.